The second-order valence-electron chi connectivity index (χ2n) is 5.13. The van der Waals surface area contributed by atoms with Crippen LogP contribution in [0.4, 0.5) is 18.9 Å². The third-order valence-electron chi connectivity index (χ3n) is 3.18. The van der Waals surface area contributed by atoms with E-state index >= 15 is 0 Å². The Morgan fingerprint density at radius 3 is 2.64 bits per heavy atom. The molecule has 0 radical (unpaired) electrons. The molecule has 2 aromatic rings. The Balaban J connectivity index is 2.12. The molecule has 11 heteroatoms. The van der Waals surface area contributed by atoms with Crippen LogP contribution in [0.1, 0.15) is 18.3 Å². The molecule has 0 aliphatic heterocycles. The van der Waals surface area contributed by atoms with Crippen molar-refractivity contribution >= 4 is 23.4 Å². The van der Waals surface area contributed by atoms with Crippen LogP contribution in [0.15, 0.2) is 23.4 Å². The highest BCUT2D eigenvalue weighted by molar-refractivity contribution is 8.00. The van der Waals surface area contributed by atoms with E-state index in [9.17, 15) is 18.0 Å². The van der Waals surface area contributed by atoms with Crippen molar-refractivity contribution in [2.24, 2.45) is 0 Å². The third kappa shape index (κ3) is 4.35. The summed E-state index contributed by atoms with van der Waals surface area (Å²) in [7, 11) is 1.47. The van der Waals surface area contributed by atoms with E-state index in [-0.39, 0.29) is 5.16 Å². The normalized spacial score (nSPS) is 12.7. The number of hydrogen-bond acceptors (Lipinski definition) is 6. The van der Waals surface area contributed by atoms with E-state index in [1.165, 1.54) is 14.0 Å². The molecule has 0 bridgehead atoms. The summed E-state index contributed by atoms with van der Waals surface area (Å²) >= 11 is 0.764. The number of thioether (sulfide) groups is 1. The Bertz CT molecular complexity index is 778. The molecule has 1 aromatic carbocycles. The molecule has 1 atom stereocenters. The Morgan fingerprint density at radius 1 is 1.40 bits per heavy atom. The van der Waals surface area contributed by atoms with Gasteiger partial charge in [-0.1, -0.05) is 17.8 Å². The number of anilines is 1. The molecule has 0 aliphatic carbocycles. The van der Waals surface area contributed by atoms with Crippen LogP contribution >= 0.6 is 11.8 Å². The van der Waals surface area contributed by atoms with E-state index in [1.807, 2.05) is 13.0 Å². The van der Waals surface area contributed by atoms with E-state index in [2.05, 4.69) is 15.5 Å². The van der Waals surface area contributed by atoms with Gasteiger partial charge in [0.2, 0.25) is 11.1 Å². The lowest BCUT2D eigenvalue weighted by atomic mass is 10.2. The average molecular weight is 375 g/mol. The van der Waals surface area contributed by atoms with Gasteiger partial charge in [0.05, 0.1) is 18.0 Å². The van der Waals surface area contributed by atoms with Crippen LogP contribution in [0.5, 0.6) is 5.75 Å². The number of rotatable bonds is 5. The molecular formula is C14H16F3N5O2S. The first-order chi connectivity index (χ1) is 11.6. The van der Waals surface area contributed by atoms with Gasteiger partial charge in [0, 0.05) is 0 Å². The van der Waals surface area contributed by atoms with Crippen LogP contribution < -0.4 is 15.9 Å². The molecule has 0 saturated carbocycles. The first-order valence-electron chi connectivity index (χ1n) is 7.03. The Morgan fingerprint density at radius 2 is 2.08 bits per heavy atom. The van der Waals surface area contributed by atoms with Crippen molar-refractivity contribution < 1.29 is 22.7 Å². The summed E-state index contributed by atoms with van der Waals surface area (Å²) in [6.45, 7) is 3.37. The van der Waals surface area contributed by atoms with Crippen molar-refractivity contribution in [2.75, 3.05) is 18.3 Å². The van der Waals surface area contributed by atoms with E-state index < -0.39 is 23.2 Å². The SMILES string of the molecule is COc1ccc(C)cc1NC(=O)C(C)Sc1nnc(C(F)(F)F)n1N. The van der Waals surface area contributed by atoms with Crippen LogP contribution in [0.25, 0.3) is 0 Å². The van der Waals surface area contributed by atoms with Gasteiger partial charge in [0.1, 0.15) is 5.75 Å². The van der Waals surface area contributed by atoms with Crippen molar-refractivity contribution in [1.29, 1.82) is 0 Å². The molecule has 25 heavy (non-hydrogen) atoms. The third-order valence-corrected chi connectivity index (χ3v) is 4.24. The molecular weight excluding hydrogens is 359 g/mol. The minimum atomic E-state index is -4.72. The number of ether oxygens (including phenoxy) is 1. The van der Waals surface area contributed by atoms with Gasteiger partial charge in [-0.15, -0.1) is 10.2 Å². The number of carbonyl (C=O) groups is 1. The van der Waals surface area contributed by atoms with Gasteiger partial charge in [0.25, 0.3) is 5.82 Å². The Hall–Kier alpha value is -2.43. The Kier molecular flexibility index (Phi) is 5.45. The highest BCUT2D eigenvalue weighted by Gasteiger charge is 2.38. The number of benzene rings is 1. The molecule has 0 saturated heterocycles. The molecule has 1 unspecified atom stereocenters. The highest BCUT2D eigenvalue weighted by Crippen LogP contribution is 2.31. The van der Waals surface area contributed by atoms with Crippen LogP contribution in [-0.4, -0.2) is 33.1 Å². The monoisotopic (exact) mass is 375 g/mol. The first kappa shape index (κ1) is 18.9. The molecule has 1 aromatic heterocycles. The summed E-state index contributed by atoms with van der Waals surface area (Å²) in [5.74, 6) is 4.06. The Labute approximate surface area is 145 Å². The molecule has 0 spiro atoms. The molecule has 1 heterocycles. The molecule has 3 N–H and O–H groups in total. The second kappa shape index (κ2) is 7.21. The summed E-state index contributed by atoms with van der Waals surface area (Å²) < 4.78 is 43.5. The van der Waals surface area contributed by atoms with Gasteiger partial charge in [-0.25, -0.2) is 4.68 Å². The van der Waals surface area contributed by atoms with Crippen LogP contribution in [0.2, 0.25) is 0 Å². The number of aromatic nitrogens is 3. The van der Waals surface area contributed by atoms with E-state index in [0.717, 1.165) is 17.3 Å². The summed E-state index contributed by atoms with van der Waals surface area (Å²) in [5, 5.41) is 8.09. The standard InChI is InChI=1S/C14H16F3N5O2S/c1-7-4-5-10(24-3)9(6-7)19-11(23)8(2)25-13-21-20-12(22(13)18)14(15,16)17/h4-6,8H,18H2,1-3H3,(H,19,23). The van der Waals surface area contributed by atoms with Gasteiger partial charge in [-0.3, -0.25) is 4.79 Å². The summed E-state index contributed by atoms with van der Waals surface area (Å²) in [6, 6.07) is 5.25. The fraction of sp³-hybridized carbons (Fsp3) is 0.357. The van der Waals surface area contributed by atoms with Gasteiger partial charge >= 0.3 is 6.18 Å². The number of methoxy groups -OCH3 is 1. The number of nitrogen functional groups attached to an aromatic ring is 1. The van der Waals surface area contributed by atoms with Gasteiger partial charge < -0.3 is 15.9 Å². The zero-order valence-corrected chi connectivity index (χ0v) is 14.4. The predicted molar refractivity (Wildman–Crippen MR) is 86.9 cm³/mol. The first-order valence-corrected chi connectivity index (χ1v) is 7.91. The maximum Gasteiger partial charge on any atom is 0.453 e. The number of hydrogen-bond donors (Lipinski definition) is 2. The minimum Gasteiger partial charge on any atom is -0.495 e. The molecule has 1 amide bonds. The number of aryl methyl sites for hydroxylation is 1. The number of nitrogens with zero attached hydrogens (tertiary/aromatic N) is 3. The number of nitrogens with one attached hydrogen (secondary N) is 1. The van der Waals surface area contributed by atoms with E-state index in [4.69, 9.17) is 10.6 Å². The van der Waals surface area contributed by atoms with Gasteiger partial charge in [0.15, 0.2) is 0 Å². The van der Waals surface area contributed by atoms with Crippen molar-refractivity contribution in [3.63, 3.8) is 0 Å². The molecule has 2 rings (SSSR count). The fourth-order valence-electron chi connectivity index (χ4n) is 1.92. The van der Waals surface area contributed by atoms with Crippen LogP contribution in [0.3, 0.4) is 0 Å². The zero-order valence-electron chi connectivity index (χ0n) is 13.6. The summed E-state index contributed by atoms with van der Waals surface area (Å²) in [4.78, 5) is 12.3. The lowest BCUT2D eigenvalue weighted by Gasteiger charge is -2.14. The zero-order chi connectivity index (χ0) is 18.8. The maximum atomic E-state index is 12.7. The van der Waals surface area contributed by atoms with Crippen molar-refractivity contribution in [1.82, 2.24) is 14.9 Å². The molecule has 136 valence electrons. The minimum absolute atomic E-state index is 0.216. The molecule has 7 nitrogen and oxygen atoms in total. The largest absolute Gasteiger partial charge is 0.495 e. The second-order valence-corrected chi connectivity index (χ2v) is 6.43. The average Bonchev–Trinajstić information content (AvgIpc) is 2.88. The fourth-order valence-corrected chi connectivity index (χ4v) is 2.69. The van der Waals surface area contributed by atoms with E-state index in [0.29, 0.717) is 16.1 Å². The van der Waals surface area contributed by atoms with Gasteiger partial charge in [-0.2, -0.15) is 13.2 Å². The lowest BCUT2D eigenvalue weighted by molar-refractivity contribution is -0.146. The number of nitrogens with two attached hydrogens (primary N) is 1. The predicted octanol–water partition coefficient (Wildman–Crippen LogP) is 2.45. The van der Waals surface area contributed by atoms with Crippen molar-refractivity contribution in [3.05, 3.63) is 29.6 Å². The van der Waals surface area contributed by atoms with E-state index in [1.54, 1.807) is 12.1 Å². The van der Waals surface area contributed by atoms with Crippen LogP contribution in [0, 0.1) is 6.92 Å². The van der Waals surface area contributed by atoms with Crippen LogP contribution in [-0.2, 0) is 11.0 Å². The molecule has 0 aliphatic rings. The summed E-state index contributed by atoms with van der Waals surface area (Å²) in [6.07, 6.45) is -4.72. The van der Waals surface area contributed by atoms with Gasteiger partial charge in [-0.05, 0) is 31.5 Å². The number of amides is 1. The topological polar surface area (TPSA) is 95.1 Å². The maximum absolute atomic E-state index is 12.7. The summed E-state index contributed by atoms with van der Waals surface area (Å²) in [5.41, 5.74) is 1.37. The number of halogens is 3. The molecule has 0 fully saturated rings. The number of carbonyl (C=O) groups excluding carboxylic acids is 1. The quantitative estimate of drug-likeness (QED) is 0.616. The highest BCUT2D eigenvalue weighted by atomic mass is 32.2. The smallest absolute Gasteiger partial charge is 0.453 e. The number of alkyl halides is 3. The van der Waals surface area contributed by atoms with Crippen molar-refractivity contribution in [3.8, 4) is 5.75 Å². The van der Waals surface area contributed by atoms with Crippen molar-refractivity contribution in [2.45, 2.75) is 30.4 Å². The lowest BCUT2D eigenvalue weighted by Crippen LogP contribution is -2.25.